The molecule has 0 N–H and O–H groups in total. The van der Waals surface area contributed by atoms with E-state index >= 15 is 0 Å². The normalized spacial score (nSPS) is 16.5. The summed E-state index contributed by atoms with van der Waals surface area (Å²) in [5, 5.41) is 7.45. The van der Waals surface area contributed by atoms with Crippen LogP contribution in [0.5, 0.6) is 0 Å². The number of hydrogen-bond acceptors (Lipinski definition) is 2. The number of nitrogens with zero attached hydrogens (tertiary/aromatic N) is 2. The van der Waals surface area contributed by atoms with E-state index in [2.05, 4.69) is 70.8 Å². The molecule has 0 aliphatic carbocycles. The first-order valence-corrected chi connectivity index (χ1v) is 8.42. The van der Waals surface area contributed by atoms with Crippen LogP contribution in [0.2, 0.25) is 5.02 Å². The second-order valence-electron chi connectivity index (χ2n) is 5.86. The molecule has 0 amide bonds. The minimum Gasteiger partial charge on any atom is -0.258 e. The monoisotopic (exact) mass is 332 g/mol. The van der Waals surface area contributed by atoms with Gasteiger partial charge >= 0.3 is 0 Å². The zero-order valence-corrected chi connectivity index (χ0v) is 13.9. The molecule has 0 fully saturated rings. The highest BCUT2D eigenvalue weighted by molar-refractivity contribution is 6.30. The Labute approximate surface area is 147 Å². The summed E-state index contributed by atoms with van der Waals surface area (Å²) in [5.41, 5.74) is 4.74. The van der Waals surface area contributed by atoms with Gasteiger partial charge in [0.1, 0.15) is 0 Å². The largest absolute Gasteiger partial charge is 0.258 e. The maximum absolute atomic E-state index is 6.02. The van der Waals surface area contributed by atoms with Gasteiger partial charge in [-0.15, -0.1) is 0 Å². The van der Waals surface area contributed by atoms with Crippen molar-refractivity contribution in [2.75, 3.05) is 5.01 Å². The predicted molar refractivity (Wildman–Crippen MR) is 102 cm³/mol. The Morgan fingerprint density at radius 3 is 2.38 bits per heavy atom. The Balaban J connectivity index is 1.67. The van der Waals surface area contributed by atoms with Crippen molar-refractivity contribution in [2.45, 2.75) is 12.5 Å². The fourth-order valence-corrected chi connectivity index (χ4v) is 3.21. The third-order valence-corrected chi connectivity index (χ3v) is 4.55. The molecule has 4 rings (SSSR count). The van der Waals surface area contributed by atoms with E-state index in [9.17, 15) is 0 Å². The van der Waals surface area contributed by atoms with E-state index in [1.54, 1.807) is 0 Å². The standard InChI is InChI=1S/C21H17ClN2/c22-19-11-9-17(10-12-19)21-13-14-23-24(21)20-8-4-7-18(15-20)16-5-2-1-3-6-16/h1-12,14-15,21H,13H2. The molecule has 118 valence electrons. The van der Waals surface area contributed by atoms with E-state index < -0.39 is 0 Å². The third-order valence-electron chi connectivity index (χ3n) is 4.30. The lowest BCUT2D eigenvalue weighted by Crippen LogP contribution is -2.18. The summed E-state index contributed by atoms with van der Waals surface area (Å²) in [6.45, 7) is 0. The number of benzene rings is 3. The molecule has 0 aromatic heterocycles. The summed E-state index contributed by atoms with van der Waals surface area (Å²) in [6.07, 6.45) is 2.88. The first kappa shape index (κ1) is 15.0. The molecule has 0 saturated carbocycles. The maximum atomic E-state index is 6.02. The van der Waals surface area contributed by atoms with E-state index in [-0.39, 0.29) is 6.04 Å². The molecule has 0 bridgehead atoms. The molecule has 3 aromatic rings. The molecule has 0 spiro atoms. The van der Waals surface area contributed by atoms with Crippen LogP contribution in [0.15, 0.2) is 84.0 Å². The Morgan fingerprint density at radius 2 is 1.58 bits per heavy atom. The van der Waals surface area contributed by atoms with Gasteiger partial charge in [0.2, 0.25) is 0 Å². The molecule has 1 aliphatic heterocycles. The van der Waals surface area contributed by atoms with Crippen LogP contribution in [0.25, 0.3) is 11.1 Å². The van der Waals surface area contributed by atoms with Crippen molar-refractivity contribution in [3.05, 3.63) is 89.4 Å². The Hall–Kier alpha value is -2.58. The van der Waals surface area contributed by atoms with Crippen molar-refractivity contribution >= 4 is 23.5 Å². The minimum atomic E-state index is 0.216. The van der Waals surface area contributed by atoms with Crippen LogP contribution in [0.4, 0.5) is 5.69 Å². The lowest BCUT2D eigenvalue weighted by molar-refractivity contribution is 0.710. The minimum absolute atomic E-state index is 0.216. The topological polar surface area (TPSA) is 15.6 Å². The highest BCUT2D eigenvalue weighted by Gasteiger charge is 2.24. The summed E-state index contributed by atoms with van der Waals surface area (Å²) in [7, 11) is 0. The molecule has 3 aromatic carbocycles. The molecule has 0 radical (unpaired) electrons. The molecule has 1 heterocycles. The van der Waals surface area contributed by atoms with Crippen LogP contribution < -0.4 is 5.01 Å². The van der Waals surface area contributed by atoms with E-state index in [0.717, 1.165) is 17.1 Å². The molecular formula is C21H17ClN2. The highest BCUT2D eigenvalue weighted by Crippen LogP contribution is 2.35. The fourth-order valence-electron chi connectivity index (χ4n) is 3.08. The van der Waals surface area contributed by atoms with Gasteiger partial charge in [-0.05, 0) is 41.0 Å². The molecule has 1 unspecified atom stereocenters. The molecule has 24 heavy (non-hydrogen) atoms. The zero-order valence-electron chi connectivity index (χ0n) is 13.1. The summed E-state index contributed by atoms with van der Waals surface area (Å²) in [5.74, 6) is 0. The predicted octanol–water partition coefficient (Wildman–Crippen LogP) is 5.94. The highest BCUT2D eigenvalue weighted by atomic mass is 35.5. The van der Waals surface area contributed by atoms with Gasteiger partial charge in [-0.25, -0.2) is 0 Å². The molecule has 1 aliphatic rings. The van der Waals surface area contributed by atoms with Crippen molar-refractivity contribution < 1.29 is 0 Å². The van der Waals surface area contributed by atoms with Crippen LogP contribution >= 0.6 is 11.6 Å². The van der Waals surface area contributed by atoms with Gasteiger partial charge in [0.25, 0.3) is 0 Å². The summed E-state index contributed by atoms with van der Waals surface area (Å²) in [4.78, 5) is 0. The van der Waals surface area contributed by atoms with E-state index in [1.165, 1.54) is 16.7 Å². The van der Waals surface area contributed by atoms with Crippen molar-refractivity contribution in [3.8, 4) is 11.1 Å². The quantitative estimate of drug-likeness (QED) is 0.579. The molecular weight excluding hydrogens is 316 g/mol. The van der Waals surface area contributed by atoms with Crippen molar-refractivity contribution in [1.82, 2.24) is 0 Å². The van der Waals surface area contributed by atoms with Gasteiger partial charge in [-0.3, -0.25) is 5.01 Å². The summed E-state index contributed by atoms with van der Waals surface area (Å²) < 4.78 is 0. The maximum Gasteiger partial charge on any atom is 0.0825 e. The number of rotatable bonds is 3. The second kappa shape index (κ2) is 6.50. The van der Waals surface area contributed by atoms with Gasteiger partial charge in [-0.1, -0.05) is 66.2 Å². The first-order chi connectivity index (χ1) is 11.8. The van der Waals surface area contributed by atoms with Crippen LogP contribution in [-0.4, -0.2) is 6.21 Å². The van der Waals surface area contributed by atoms with Gasteiger partial charge in [-0.2, -0.15) is 5.10 Å². The van der Waals surface area contributed by atoms with Crippen molar-refractivity contribution in [1.29, 1.82) is 0 Å². The second-order valence-corrected chi connectivity index (χ2v) is 6.30. The number of anilines is 1. The Bertz CT molecular complexity index is 857. The molecule has 3 heteroatoms. The third kappa shape index (κ3) is 2.93. The average molecular weight is 333 g/mol. The van der Waals surface area contributed by atoms with E-state index in [4.69, 9.17) is 11.6 Å². The lowest BCUT2D eigenvalue weighted by Gasteiger charge is -2.24. The molecule has 2 nitrogen and oxygen atoms in total. The Morgan fingerprint density at radius 1 is 0.833 bits per heavy atom. The SMILES string of the molecule is Clc1ccc(C2CC=NN2c2cccc(-c3ccccc3)c2)cc1. The van der Waals surface area contributed by atoms with Crippen LogP contribution in [0.1, 0.15) is 18.0 Å². The number of hydrogen-bond donors (Lipinski definition) is 0. The number of hydrazone groups is 1. The van der Waals surface area contributed by atoms with Gasteiger partial charge in [0, 0.05) is 17.7 Å². The zero-order chi connectivity index (χ0) is 16.4. The average Bonchev–Trinajstić information content (AvgIpc) is 3.13. The van der Waals surface area contributed by atoms with Crippen LogP contribution in [0.3, 0.4) is 0 Å². The fraction of sp³-hybridized carbons (Fsp3) is 0.0952. The lowest BCUT2D eigenvalue weighted by atomic mass is 10.0. The van der Waals surface area contributed by atoms with Crippen LogP contribution in [0, 0.1) is 0 Å². The van der Waals surface area contributed by atoms with Crippen LogP contribution in [-0.2, 0) is 0 Å². The van der Waals surface area contributed by atoms with E-state index in [1.807, 2.05) is 24.4 Å². The van der Waals surface area contributed by atoms with Gasteiger partial charge < -0.3 is 0 Å². The smallest absolute Gasteiger partial charge is 0.0825 e. The van der Waals surface area contributed by atoms with E-state index in [0.29, 0.717) is 0 Å². The van der Waals surface area contributed by atoms with Crippen molar-refractivity contribution in [2.24, 2.45) is 5.10 Å². The molecule has 0 saturated heterocycles. The summed E-state index contributed by atoms with van der Waals surface area (Å²) in [6, 6.07) is 27.2. The Kier molecular flexibility index (Phi) is 4.06. The van der Waals surface area contributed by atoms with Crippen molar-refractivity contribution in [3.63, 3.8) is 0 Å². The van der Waals surface area contributed by atoms with Gasteiger partial charge in [0.05, 0.1) is 11.7 Å². The molecule has 1 atom stereocenters. The first-order valence-electron chi connectivity index (χ1n) is 8.04. The summed E-state index contributed by atoms with van der Waals surface area (Å²) >= 11 is 6.02. The number of halogens is 1. The van der Waals surface area contributed by atoms with Gasteiger partial charge in [0.15, 0.2) is 0 Å².